The molecule has 0 atom stereocenters. The molecule has 14 heavy (non-hydrogen) atoms. The smallest absolute Gasteiger partial charge is 0.123 e. The second kappa shape index (κ2) is 3.75. The second-order valence-electron chi connectivity index (χ2n) is 2.94. The maximum atomic E-state index is 5.61. The third-order valence-electron chi connectivity index (χ3n) is 1.92. The van der Waals surface area contributed by atoms with Crippen LogP contribution in [0.1, 0.15) is 11.9 Å². The largest absolute Gasteiger partial charge is 0.384 e. The van der Waals surface area contributed by atoms with Gasteiger partial charge in [-0.2, -0.15) is 0 Å². The number of thiazole rings is 1. The van der Waals surface area contributed by atoms with Crippen LogP contribution in [0.2, 0.25) is 0 Å². The summed E-state index contributed by atoms with van der Waals surface area (Å²) in [6.45, 7) is 2.10. The van der Waals surface area contributed by atoms with Crippen LogP contribution in [-0.4, -0.2) is 9.97 Å². The van der Waals surface area contributed by atoms with Gasteiger partial charge in [0.1, 0.15) is 5.82 Å². The van der Waals surface area contributed by atoms with Crippen LogP contribution in [0.15, 0.2) is 24.5 Å². The van der Waals surface area contributed by atoms with Crippen molar-refractivity contribution in [3.63, 3.8) is 0 Å². The van der Waals surface area contributed by atoms with E-state index < -0.39 is 0 Å². The maximum Gasteiger partial charge on any atom is 0.123 e. The monoisotopic (exact) mass is 205 g/mol. The summed E-state index contributed by atoms with van der Waals surface area (Å²) in [5.74, 6) is 0.550. The number of aromatic nitrogens is 2. The van der Waals surface area contributed by atoms with Gasteiger partial charge in [0.25, 0.3) is 0 Å². The van der Waals surface area contributed by atoms with Gasteiger partial charge in [0.05, 0.1) is 9.88 Å². The minimum Gasteiger partial charge on any atom is -0.384 e. The van der Waals surface area contributed by atoms with Crippen molar-refractivity contribution >= 4 is 17.2 Å². The molecule has 0 fully saturated rings. The summed E-state index contributed by atoms with van der Waals surface area (Å²) in [5, 5.41) is 1.15. The molecule has 2 N–H and O–H groups in total. The number of aryl methyl sites for hydroxylation is 1. The van der Waals surface area contributed by atoms with Gasteiger partial charge in [-0.05, 0) is 24.1 Å². The van der Waals surface area contributed by atoms with E-state index >= 15 is 0 Å². The van der Waals surface area contributed by atoms with E-state index in [1.54, 1.807) is 17.5 Å². The van der Waals surface area contributed by atoms with Crippen LogP contribution in [-0.2, 0) is 6.42 Å². The Bertz CT molecular complexity index is 436. The Hall–Kier alpha value is -1.42. The zero-order valence-corrected chi connectivity index (χ0v) is 8.71. The van der Waals surface area contributed by atoms with E-state index in [2.05, 4.69) is 16.9 Å². The molecule has 0 bridgehead atoms. The number of nitrogens with zero attached hydrogens (tertiary/aromatic N) is 2. The number of nitrogens with two attached hydrogens (primary N) is 1. The molecule has 72 valence electrons. The number of nitrogen functional groups attached to an aromatic ring is 1. The first-order valence-electron chi connectivity index (χ1n) is 4.46. The van der Waals surface area contributed by atoms with Crippen LogP contribution in [0.3, 0.4) is 0 Å². The van der Waals surface area contributed by atoms with Crippen molar-refractivity contribution in [2.24, 2.45) is 0 Å². The molecule has 0 saturated heterocycles. The van der Waals surface area contributed by atoms with Gasteiger partial charge in [-0.15, -0.1) is 11.3 Å². The number of anilines is 1. The molecular weight excluding hydrogens is 194 g/mol. The van der Waals surface area contributed by atoms with Crippen molar-refractivity contribution in [2.75, 3.05) is 5.73 Å². The Morgan fingerprint density at radius 1 is 1.43 bits per heavy atom. The Kier molecular flexibility index (Phi) is 2.45. The SMILES string of the molecule is CCc1ncc(-c2ccnc(N)c2)s1. The van der Waals surface area contributed by atoms with Crippen molar-refractivity contribution in [3.05, 3.63) is 29.5 Å². The highest BCUT2D eigenvalue weighted by atomic mass is 32.1. The molecule has 0 unspecified atom stereocenters. The third kappa shape index (κ3) is 1.75. The van der Waals surface area contributed by atoms with E-state index in [1.807, 2.05) is 18.3 Å². The molecule has 0 aliphatic rings. The summed E-state index contributed by atoms with van der Waals surface area (Å²) < 4.78 is 0. The Morgan fingerprint density at radius 2 is 2.29 bits per heavy atom. The molecule has 0 aromatic carbocycles. The van der Waals surface area contributed by atoms with E-state index in [4.69, 9.17) is 5.73 Å². The van der Waals surface area contributed by atoms with Gasteiger partial charge in [0.2, 0.25) is 0 Å². The van der Waals surface area contributed by atoms with E-state index in [0.29, 0.717) is 5.82 Å². The summed E-state index contributed by atoms with van der Waals surface area (Å²) in [6, 6.07) is 3.82. The number of rotatable bonds is 2. The highest BCUT2D eigenvalue weighted by molar-refractivity contribution is 7.15. The van der Waals surface area contributed by atoms with Gasteiger partial charge in [-0.25, -0.2) is 9.97 Å². The van der Waals surface area contributed by atoms with Gasteiger partial charge in [-0.3, -0.25) is 0 Å². The first-order valence-corrected chi connectivity index (χ1v) is 5.28. The summed E-state index contributed by atoms with van der Waals surface area (Å²) in [5.41, 5.74) is 6.70. The lowest BCUT2D eigenvalue weighted by atomic mass is 10.2. The lowest BCUT2D eigenvalue weighted by molar-refractivity contribution is 1.09. The number of hydrogen-bond donors (Lipinski definition) is 1. The molecule has 0 aliphatic heterocycles. The number of hydrogen-bond acceptors (Lipinski definition) is 4. The van der Waals surface area contributed by atoms with Crippen molar-refractivity contribution in [1.29, 1.82) is 0 Å². The minimum absolute atomic E-state index is 0.550. The average molecular weight is 205 g/mol. The van der Waals surface area contributed by atoms with Crippen LogP contribution < -0.4 is 5.73 Å². The molecular formula is C10H11N3S. The molecule has 3 nitrogen and oxygen atoms in total. The Morgan fingerprint density at radius 3 is 2.93 bits per heavy atom. The Balaban J connectivity index is 2.39. The minimum atomic E-state index is 0.550. The fourth-order valence-corrected chi connectivity index (χ4v) is 2.06. The zero-order chi connectivity index (χ0) is 9.97. The summed E-state index contributed by atoms with van der Waals surface area (Å²) in [6.07, 6.45) is 4.58. The average Bonchev–Trinajstić information content (AvgIpc) is 2.66. The highest BCUT2D eigenvalue weighted by Gasteiger charge is 2.03. The summed E-state index contributed by atoms with van der Waals surface area (Å²) >= 11 is 1.70. The van der Waals surface area contributed by atoms with Crippen LogP contribution in [0.4, 0.5) is 5.82 Å². The maximum absolute atomic E-state index is 5.61. The van der Waals surface area contributed by atoms with Gasteiger partial charge in [0.15, 0.2) is 0 Å². The zero-order valence-electron chi connectivity index (χ0n) is 7.90. The van der Waals surface area contributed by atoms with Crippen molar-refractivity contribution in [3.8, 4) is 10.4 Å². The molecule has 2 rings (SSSR count). The first-order chi connectivity index (χ1) is 6.79. The molecule has 2 aromatic rings. The molecule has 0 radical (unpaired) electrons. The second-order valence-corrected chi connectivity index (χ2v) is 4.06. The van der Waals surface area contributed by atoms with Gasteiger partial charge < -0.3 is 5.73 Å². The summed E-state index contributed by atoms with van der Waals surface area (Å²) in [4.78, 5) is 9.40. The van der Waals surface area contributed by atoms with E-state index in [9.17, 15) is 0 Å². The molecule has 4 heteroatoms. The van der Waals surface area contributed by atoms with Gasteiger partial charge in [-0.1, -0.05) is 6.92 Å². The van der Waals surface area contributed by atoms with E-state index in [1.165, 1.54) is 0 Å². The van der Waals surface area contributed by atoms with Crippen molar-refractivity contribution in [1.82, 2.24) is 9.97 Å². The van der Waals surface area contributed by atoms with Crippen LogP contribution >= 0.6 is 11.3 Å². The fraction of sp³-hybridized carbons (Fsp3) is 0.200. The normalized spacial score (nSPS) is 10.4. The molecule has 0 spiro atoms. The molecule has 0 aliphatic carbocycles. The van der Waals surface area contributed by atoms with E-state index in [-0.39, 0.29) is 0 Å². The van der Waals surface area contributed by atoms with Gasteiger partial charge in [0, 0.05) is 12.4 Å². The fourth-order valence-electron chi connectivity index (χ4n) is 1.21. The van der Waals surface area contributed by atoms with Crippen molar-refractivity contribution in [2.45, 2.75) is 13.3 Å². The first kappa shape index (κ1) is 9.15. The van der Waals surface area contributed by atoms with Crippen LogP contribution in [0, 0.1) is 0 Å². The number of pyridine rings is 1. The predicted octanol–water partition coefficient (Wildman–Crippen LogP) is 2.35. The highest BCUT2D eigenvalue weighted by Crippen LogP contribution is 2.26. The van der Waals surface area contributed by atoms with E-state index in [0.717, 1.165) is 21.9 Å². The predicted molar refractivity (Wildman–Crippen MR) is 59.1 cm³/mol. The van der Waals surface area contributed by atoms with Gasteiger partial charge >= 0.3 is 0 Å². The lowest BCUT2D eigenvalue weighted by Gasteiger charge is -1.96. The molecule has 0 saturated carbocycles. The lowest BCUT2D eigenvalue weighted by Crippen LogP contribution is -1.88. The van der Waals surface area contributed by atoms with Crippen LogP contribution in [0.5, 0.6) is 0 Å². The topological polar surface area (TPSA) is 51.8 Å². The third-order valence-corrected chi connectivity index (χ3v) is 3.11. The molecule has 2 heterocycles. The van der Waals surface area contributed by atoms with Crippen LogP contribution in [0.25, 0.3) is 10.4 Å². The standard InChI is InChI=1S/C10H11N3S/c1-2-10-13-6-8(14-10)7-3-4-12-9(11)5-7/h3-6H,2H2,1H3,(H2,11,12). The van der Waals surface area contributed by atoms with Crippen molar-refractivity contribution < 1.29 is 0 Å². The quantitative estimate of drug-likeness (QED) is 0.818. The Labute approximate surface area is 86.6 Å². The molecule has 2 aromatic heterocycles. The summed E-state index contributed by atoms with van der Waals surface area (Å²) in [7, 11) is 0. The molecule has 0 amide bonds.